The lowest BCUT2D eigenvalue weighted by molar-refractivity contribution is -0.175. The molecule has 0 spiro atoms. The maximum atomic E-state index is 13.2. The first-order valence-corrected chi connectivity index (χ1v) is 14.0. The highest BCUT2D eigenvalue weighted by atomic mass is 19.4. The van der Waals surface area contributed by atoms with Gasteiger partial charge in [0.05, 0.1) is 13.2 Å². The van der Waals surface area contributed by atoms with E-state index in [-0.39, 0.29) is 17.7 Å². The highest BCUT2D eigenvalue weighted by molar-refractivity contribution is 5.99. The molecule has 14 heteroatoms. The molecule has 0 saturated carbocycles. The summed E-state index contributed by atoms with van der Waals surface area (Å²) >= 11 is 0. The highest BCUT2D eigenvalue weighted by Crippen LogP contribution is 2.23. The van der Waals surface area contributed by atoms with E-state index in [0.717, 1.165) is 0 Å². The van der Waals surface area contributed by atoms with Crippen LogP contribution < -0.4 is 26.0 Å². The minimum atomic E-state index is -5.19. The molecule has 0 bridgehead atoms. The second-order valence-electron chi connectivity index (χ2n) is 11.6. The van der Waals surface area contributed by atoms with E-state index in [4.69, 9.17) is 9.47 Å². The van der Waals surface area contributed by atoms with Gasteiger partial charge < -0.3 is 30.7 Å². The van der Waals surface area contributed by atoms with Crippen LogP contribution >= 0.6 is 0 Å². The molecule has 11 nitrogen and oxygen atoms in total. The maximum absolute atomic E-state index is 13.2. The van der Waals surface area contributed by atoms with Gasteiger partial charge in [0.25, 0.3) is 11.7 Å². The molecule has 0 aliphatic carbocycles. The number of carbonyl (C=O) groups excluding carboxylic acids is 5. The van der Waals surface area contributed by atoms with Gasteiger partial charge in [-0.1, -0.05) is 38.1 Å². The Morgan fingerprint density at radius 3 is 1.87 bits per heavy atom. The van der Waals surface area contributed by atoms with Gasteiger partial charge >= 0.3 is 12.3 Å². The summed E-state index contributed by atoms with van der Waals surface area (Å²) in [7, 11) is 1.41. The Balaban J connectivity index is 2.15. The Bertz CT molecular complexity index is 1360. The van der Waals surface area contributed by atoms with E-state index in [1.54, 1.807) is 32.9 Å². The molecule has 0 aliphatic rings. The fraction of sp³-hybridized carbons (Fsp3) is 0.452. The molecule has 4 N–H and O–H groups in total. The van der Waals surface area contributed by atoms with Crippen LogP contribution in [0.5, 0.6) is 5.75 Å². The van der Waals surface area contributed by atoms with Crippen LogP contribution in [-0.4, -0.2) is 60.6 Å². The zero-order chi connectivity index (χ0) is 34.1. The largest absolute Gasteiger partial charge is 0.497 e. The first-order chi connectivity index (χ1) is 20.8. The standard InChI is InChI=1S/C31H39F3N4O7/c1-17(2)23(25(39)31(32,33)34)37-28(42)24(20-12-14-22(44-7)15-13-20)38-26(40)18(3)36-27(41)21-10-8-19(9-11-21)16-35-29(43)45-30(4,5)6/h8-15,17-18,23-24H,16H2,1-7H3,(H,35,43)(H,36,41)(H,37,42)(H,38,40)/t18-,23-,24-/m0/s1. The quantitative estimate of drug-likeness (QED) is 0.275. The Kier molecular flexibility index (Phi) is 12.5. The van der Waals surface area contributed by atoms with E-state index in [1.165, 1.54) is 64.3 Å². The number of alkyl carbamates (subject to hydrolysis) is 1. The normalized spacial score (nSPS) is 13.6. The van der Waals surface area contributed by atoms with Crippen LogP contribution in [0.15, 0.2) is 48.5 Å². The van der Waals surface area contributed by atoms with Crippen LogP contribution in [0.2, 0.25) is 0 Å². The minimum Gasteiger partial charge on any atom is -0.497 e. The maximum Gasteiger partial charge on any atom is 0.452 e. The molecule has 2 rings (SSSR count). The number of hydrogen-bond donors (Lipinski definition) is 4. The zero-order valence-corrected chi connectivity index (χ0v) is 26.1. The number of nitrogens with one attached hydrogen (secondary N) is 4. The third-order valence-corrected chi connectivity index (χ3v) is 6.32. The number of methoxy groups -OCH3 is 1. The third kappa shape index (κ3) is 11.4. The van der Waals surface area contributed by atoms with Gasteiger partial charge in [0, 0.05) is 12.1 Å². The number of Topliss-reactive ketones (excluding diaryl/α,β-unsaturated/α-hetero) is 1. The third-order valence-electron chi connectivity index (χ3n) is 6.32. The predicted octanol–water partition coefficient (Wildman–Crippen LogP) is 3.97. The molecule has 0 fully saturated rings. The summed E-state index contributed by atoms with van der Waals surface area (Å²) in [6, 6.07) is 7.44. The highest BCUT2D eigenvalue weighted by Gasteiger charge is 2.45. The average molecular weight is 637 g/mol. The van der Waals surface area contributed by atoms with Crippen molar-refractivity contribution in [3.63, 3.8) is 0 Å². The van der Waals surface area contributed by atoms with Gasteiger partial charge in [0.2, 0.25) is 11.8 Å². The number of amides is 4. The summed E-state index contributed by atoms with van der Waals surface area (Å²) in [5.41, 5.74) is 0.416. The van der Waals surface area contributed by atoms with E-state index in [9.17, 15) is 37.1 Å². The Morgan fingerprint density at radius 2 is 1.38 bits per heavy atom. The van der Waals surface area contributed by atoms with Crippen molar-refractivity contribution in [1.82, 2.24) is 21.3 Å². The smallest absolute Gasteiger partial charge is 0.452 e. The van der Waals surface area contributed by atoms with E-state index in [0.29, 0.717) is 11.3 Å². The Morgan fingerprint density at radius 1 is 0.800 bits per heavy atom. The van der Waals surface area contributed by atoms with Crippen LogP contribution in [-0.2, 0) is 25.7 Å². The van der Waals surface area contributed by atoms with E-state index in [2.05, 4.69) is 21.3 Å². The lowest BCUT2D eigenvalue weighted by Gasteiger charge is -2.26. The molecular formula is C31H39F3N4O7. The van der Waals surface area contributed by atoms with Crippen molar-refractivity contribution >= 4 is 29.6 Å². The summed E-state index contributed by atoms with van der Waals surface area (Å²) < 4.78 is 49.9. The molecule has 0 aliphatic heterocycles. The summed E-state index contributed by atoms with van der Waals surface area (Å²) in [5, 5.41) is 9.68. The molecule has 45 heavy (non-hydrogen) atoms. The van der Waals surface area contributed by atoms with Gasteiger partial charge in [0.1, 0.15) is 23.4 Å². The van der Waals surface area contributed by atoms with Gasteiger partial charge in [0.15, 0.2) is 0 Å². The SMILES string of the molecule is COc1ccc([C@H](NC(=O)[C@H](C)NC(=O)c2ccc(CNC(=O)OC(C)(C)C)cc2)C(=O)N[C@H](C(=O)C(F)(F)F)C(C)C)cc1. The zero-order valence-electron chi connectivity index (χ0n) is 26.1. The monoisotopic (exact) mass is 636 g/mol. The van der Waals surface area contributed by atoms with E-state index in [1.807, 2.05) is 0 Å². The fourth-order valence-electron chi connectivity index (χ4n) is 3.92. The van der Waals surface area contributed by atoms with Gasteiger partial charge in [-0.3, -0.25) is 19.2 Å². The second kappa shape index (κ2) is 15.4. The van der Waals surface area contributed by atoms with Gasteiger partial charge in [-0.2, -0.15) is 13.2 Å². The molecular weight excluding hydrogens is 597 g/mol. The van der Waals surface area contributed by atoms with Gasteiger partial charge in [-0.05, 0) is 69.0 Å². The summed E-state index contributed by atoms with van der Waals surface area (Å²) in [6.07, 6.45) is -5.79. The molecule has 246 valence electrons. The average Bonchev–Trinajstić information content (AvgIpc) is 2.95. The van der Waals surface area contributed by atoms with Crippen molar-refractivity contribution in [3.8, 4) is 5.75 Å². The van der Waals surface area contributed by atoms with Crippen molar-refractivity contribution < 1.29 is 46.6 Å². The number of halogens is 3. The summed E-state index contributed by atoms with van der Waals surface area (Å²) in [5.74, 6) is -5.11. The number of rotatable bonds is 12. The van der Waals surface area contributed by atoms with Crippen LogP contribution in [0.3, 0.4) is 0 Å². The molecule has 0 aromatic heterocycles. The molecule has 0 radical (unpaired) electrons. The number of benzene rings is 2. The van der Waals surface area contributed by atoms with Crippen LogP contribution in [0.25, 0.3) is 0 Å². The first kappa shape index (κ1) is 36.6. The van der Waals surface area contributed by atoms with Crippen molar-refractivity contribution in [2.45, 2.75) is 78.0 Å². The molecule has 3 atom stereocenters. The number of ketones is 1. The number of ether oxygens (including phenoxy) is 2. The minimum absolute atomic E-state index is 0.149. The molecule has 2 aromatic rings. The first-order valence-electron chi connectivity index (χ1n) is 14.0. The summed E-state index contributed by atoms with van der Waals surface area (Å²) in [6.45, 7) is 9.40. The predicted molar refractivity (Wildman–Crippen MR) is 158 cm³/mol. The van der Waals surface area contributed by atoms with Crippen molar-refractivity contribution in [2.24, 2.45) is 5.92 Å². The van der Waals surface area contributed by atoms with Crippen molar-refractivity contribution in [1.29, 1.82) is 0 Å². The van der Waals surface area contributed by atoms with E-state index < -0.39 is 65.4 Å². The van der Waals surface area contributed by atoms with Gasteiger partial charge in [-0.15, -0.1) is 0 Å². The number of alkyl halides is 3. The lowest BCUT2D eigenvalue weighted by Crippen LogP contribution is -2.54. The van der Waals surface area contributed by atoms with Crippen LogP contribution in [0.1, 0.15) is 69.1 Å². The topological polar surface area (TPSA) is 152 Å². The molecule has 2 aromatic carbocycles. The number of carbonyl (C=O) groups is 5. The van der Waals surface area contributed by atoms with Crippen LogP contribution in [0, 0.1) is 5.92 Å². The van der Waals surface area contributed by atoms with E-state index >= 15 is 0 Å². The van der Waals surface area contributed by atoms with Gasteiger partial charge in [-0.25, -0.2) is 4.79 Å². The molecule has 0 heterocycles. The Labute approximate surface area is 259 Å². The summed E-state index contributed by atoms with van der Waals surface area (Å²) in [4.78, 5) is 63.0. The van der Waals surface area contributed by atoms with Crippen molar-refractivity contribution in [2.75, 3.05) is 7.11 Å². The Hall–Kier alpha value is -4.62. The fourth-order valence-corrected chi connectivity index (χ4v) is 3.92. The number of hydrogen-bond acceptors (Lipinski definition) is 7. The molecule has 4 amide bonds. The van der Waals surface area contributed by atoms with Crippen LogP contribution in [0.4, 0.5) is 18.0 Å². The molecule has 0 unspecified atom stereocenters. The second-order valence-corrected chi connectivity index (χ2v) is 11.6. The van der Waals surface area contributed by atoms with Crippen molar-refractivity contribution in [3.05, 3.63) is 65.2 Å². The molecule has 0 saturated heterocycles. The lowest BCUT2D eigenvalue weighted by atomic mass is 9.97.